The highest BCUT2D eigenvalue weighted by Gasteiger charge is 2.25. The molecule has 1 aromatic heterocycles. The molecule has 0 amide bonds. The number of methoxy groups -OCH3 is 2. The topological polar surface area (TPSA) is 55.8 Å². The Labute approximate surface area is 182 Å². The predicted molar refractivity (Wildman–Crippen MR) is 121 cm³/mol. The average Bonchev–Trinajstić information content (AvgIpc) is 3.15. The summed E-state index contributed by atoms with van der Waals surface area (Å²) in [7, 11) is -0.439. The quantitative estimate of drug-likeness (QED) is 0.474. The number of benzene rings is 2. The monoisotopic (exact) mass is 445 g/mol. The van der Waals surface area contributed by atoms with Crippen molar-refractivity contribution in [2.75, 3.05) is 20.8 Å². The molecule has 30 heavy (non-hydrogen) atoms. The highest BCUT2D eigenvalue weighted by Crippen LogP contribution is 2.29. The van der Waals surface area contributed by atoms with E-state index in [1.165, 1.54) is 0 Å². The van der Waals surface area contributed by atoms with Crippen LogP contribution >= 0.6 is 11.3 Å². The molecule has 0 bridgehead atoms. The average molecular weight is 446 g/mol. The van der Waals surface area contributed by atoms with Crippen molar-refractivity contribution in [1.29, 1.82) is 0 Å². The van der Waals surface area contributed by atoms with E-state index in [0.717, 1.165) is 21.6 Å². The lowest BCUT2D eigenvalue weighted by atomic mass is 10.1. The Morgan fingerprint density at radius 2 is 1.63 bits per heavy atom. The van der Waals surface area contributed by atoms with Gasteiger partial charge in [0.15, 0.2) is 11.5 Å². The molecular formula is C23H27NO4S2. The molecule has 0 aliphatic heterocycles. The van der Waals surface area contributed by atoms with E-state index in [-0.39, 0.29) is 0 Å². The molecule has 3 aromatic rings. The Morgan fingerprint density at radius 1 is 0.933 bits per heavy atom. The van der Waals surface area contributed by atoms with Gasteiger partial charge in [-0.3, -0.25) is 0 Å². The molecule has 5 nitrogen and oxygen atoms in total. The number of thiophene rings is 1. The molecule has 0 spiro atoms. The van der Waals surface area contributed by atoms with Gasteiger partial charge in [0.25, 0.3) is 0 Å². The molecule has 0 radical (unpaired) electrons. The van der Waals surface area contributed by atoms with Crippen molar-refractivity contribution in [3.8, 4) is 11.5 Å². The summed E-state index contributed by atoms with van der Waals surface area (Å²) >= 11 is 1.58. The molecule has 0 N–H and O–H groups in total. The standard InChI is InChI=1S/C23H27NO4S2/c1-17-5-8-20(9-6-17)30(25,26)24(16-23-18(2)12-14-29-23)13-11-19-7-10-21(27-3)22(15-19)28-4/h5-10,12,14-15H,11,13,16H2,1-4H3. The second-order valence-electron chi connectivity index (χ2n) is 7.12. The summed E-state index contributed by atoms with van der Waals surface area (Å²) in [5.74, 6) is 1.29. The largest absolute Gasteiger partial charge is 0.493 e. The second-order valence-corrected chi connectivity index (χ2v) is 10.1. The van der Waals surface area contributed by atoms with Gasteiger partial charge in [0, 0.05) is 18.0 Å². The van der Waals surface area contributed by atoms with E-state index < -0.39 is 10.0 Å². The number of rotatable bonds is 9. The summed E-state index contributed by atoms with van der Waals surface area (Å²) in [4.78, 5) is 1.37. The van der Waals surface area contributed by atoms with Crippen molar-refractivity contribution in [2.45, 2.75) is 31.7 Å². The lowest BCUT2D eigenvalue weighted by Crippen LogP contribution is -2.32. The van der Waals surface area contributed by atoms with Gasteiger partial charge < -0.3 is 9.47 Å². The lowest BCUT2D eigenvalue weighted by molar-refractivity contribution is 0.354. The fourth-order valence-electron chi connectivity index (χ4n) is 3.16. The number of ether oxygens (including phenoxy) is 2. The summed E-state index contributed by atoms with van der Waals surface area (Å²) < 4.78 is 39.1. The number of aryl methyl sites for hydroxylation is 2. The number of sulfonamides is 1. The van der Waals surface area contributed by atoms with Gasteiger partial charge >= 0.3 is 0 Å². The zero-order valence-corrected chi connectivity index (χ0v) is 19.3. The molecule has 3 rings (SSSR count). The molecule has 0 unspecified atom stereocenters. The number of nitrogens with zero attached hydrogens (tertiary/aromatic N) is 1. The Kier molecular flexibility index (Phi) is 7.18. The first kappa shape index (κ1) is 22.3. The van der Waals surface area contributed by atoms with E-state index in [9.17, 15) is 8.42 Å². The van der Waals surface area contributed by atoms with Crippen molar-refractivity contribution in [1.82, 2.24) is 4.31 Å². The summed E-state index contributed by atoms with van der Waals surface area (Å²) in [5, 5.41) is 2.00. The van der Waals surface area contributed by atoms with Crippen LogP contribution in [0.15, 0.2) is 58.8 Å². The molecule has 0 atom stereocenters. The fraction of sp³-hybridized carbons (Fsp3) is 0.304. The van der Waals surface area contributed by atoms with Crippen molar-refractivity contribution < 1.29 is 17.9 Å². The predicted octanol–water partition coefficient (Wildman–Crippen LogP) is 4.82. The van der Waals surface area contributed by atoms with Crippen LogP contribution in [0.5, 0.6) is 11.5 Å². The zero-order valence-electron chi connectivity index (χ0n) is 17.7. The summed E-state index contributed by atoms with van der Waals surface area (Å²) in [6.45, 7) is 4.67. The van der Waals surface area contributed by atoms with E-state index in [1.807, 2.05) is 55.6 Å². The minimum absolute atomic E-state index is 0.314. The number of hydrogen-bond donors (Lipinski definition) is 0. The minimum Gasteiger partial charge on any atom is -0.493 e. The Morgan fingerprint density at radius 3 is 2.23 bits per heavy atom. The van der Waals surface area contributed by atoms with Gasteiger partial charge in [-0.15, -0.1) is 11.3 Å². The molecule has 7 heteroatoms. The zero-order chi connectivity index (χ0) is 21.7. The third kappa shape index (κ3) is 5.03. The Hall–Kier alpha value is -2.35. The Bertz CT molecular complexity index is 1090. The third-order valence-electron chi connectivity index (χ3n) is 5.04. The van der Waals surface area contributed by atoms with Crippen molar-refractivity contribution in [2.24, 2.45) is 0 Å². The van der Waals surface area contributed by atoms with Gasteiger partial charge in [-0.2, -0.15) is 4.31 Å². The highest BCUT2D eigenvalue weighted by atomic mass is 32.2. The van der Waals surface area contributed by atoms with Gasteiger partial charge in [0.05, 0.1) is 19.1 Å². The summed E-state index contributed by atoms with van der Waals surface area (Å²) in [6, 6.07) is 14.7. The van der Waals surface area contributed by atoms with Crippen LogP contribution in [-0.2, 0) is 23.0 Å². The van der Waals surface area contributed by atoms with Gasteiger partial charge in [-0.25, -0.2) is 8.42 Å². The van der Waals surface area contributed by atoms with Crippen LogP contribution in [0.25, 0.3) is 0 Å². The SMILES string of the molecule is COc1ccc(CCN(Cc2sccc2C)S(=O)(=O)c2ccc(C)cc2)cc1OC. The van der Waals surface area contributed by atoms with E-state index in [0.29, 0.717) is 35.9 Å². The molecule has 160 valence electrons. The van der Waals surface area contributed by atoms with Crippen molar-refractivity contribution in [3.63, 3.8) is 0 Å². The third-order valence-corrected chi connectivity index (χ3v) is 7.91. The molecule has 0 saturated carbocycles. The van der Waals surface area contributed by atoms with Crippen LogP contribution in [0.2, 0.25) is 0 Å². The van der Waals surface area contributed by atoms with Gasteiger partial charge in [0.1, 0.15) is 0 Å². The van der Waals surface area contributed by atoms with Crippen LogP contribution in [0, 0.1) is 13.8 Å². The number of hydrogen-bond acceptors (Lipinski definition) is 5. The first-order chi connectivity index (χ1) is 14.3. The molecule has 0 aliphatic carbocycles. The van der Waals surface area contributed by atoms with Gasteiger partial charge in [-0.1, -0.05) is 23.8 Å². The van der Waals surface area contributed by atoms with Gasteiger partial charge in [0.2, 0.25) is 10.0 Å². The molecule has 2 aromatic carbocycles. The summed E-state index contributed by atoms with van der Waals surface area (Å²) in [6.07, 6.45) is 0.565. The molecular weight excluding hydrogens is 418 g/mol. The summed E-state index contributed by atoms with van der Waals surface area (Å²) in [5.41, 5.74) is 3.12. The van der Waals surface area contributed by atoms with Crippen LogP contribution in [0.4, 0.5) is 0 Å². The highest BCUT2D eigenvalue weighted by molar-refractivity contribution is 7.89. The lowest BCUT2D eigenvalue weighted by Gasteiger charge is -2.22. The first-order valence-electron chi connectivity index (χ1n) is 9.66. The maximum absolute atomic E-state index is 13.4. The maximum Gasteiger partial charge on any atom is 0.243 e. The smallest absolute Gasteiger partial charge is 0.243 e. The Balaban J connectivity index is 1.88. The van der Waals surface area contributed by atoms with Crippen LogP contribution in [0.1, 0.15) is 21.6 Å². The fourth-order valence-corrected chi connectivity index (χ4v) is 5.57. The van der Waals surface area contributed by atoms with Gasteiger partial charge in [-0.05, 0) is 67.1 Å². The van der Waals surface area contributed by atoms with E-state index in [4.69, 9.17) is 9.47 Å². The van der Waals surface area contributed by atoms with E-state index >= 15 is 0 Å². The van der Waals surface area contributed by atoms with E-state index in [1.54, 1.807) is 42.0 Å². The van der Waals surface area contributed by atoms with Crippen LogP contribution in [-0.4, -0.2) is 33.5 Å². The van der Waals surface area contributed by atoms with Crippen LogP contribution < -0.4 is 9.47 Å². The molecule has 0 saturated heterocycles. The van der Waals surface area contributed by atoms with E-state index in [2.05, 4.69) is 0 Å². The van der Waals surface area contributed by atoms with Crippen molar-refractivity contribution in [3.05, 3.63) is 75.5 Å². The van der Waals surface area contributed by atoms with Crippen LogP contribution in [0.3, 0.4) is 0 Å². The molecule has 0 fully saturated rings. The van der Waals surface area contributed by atoms with Crippen molar-refractivity contribution >= 4 is 21.4 Å². The maximum atomic E-state index is 13.4. The minimum atomic E-state index is -3.63. The second kappa shape index (κ2) is 9.64. The first-order valence-corrected chi connectivity index (χ1v) is 12.0. The molecule has 1 heterocycles. The normalized spacial score (nSPS) is 11.6. The molecule has 0 aliphatic rings.